The summed E-state index contributed by atoms with van der Waals surface area (Å²) in [6, 6.07) is 0. The van der Waals surface area contributed by atoms with Crippen molar-refractivity contribution < 1.29 is 28.6 Å². The Morgan fingerprint density at radius 3 is 1.24 bits per heavy atom. The molecule has 0 aliphatic carbocycles. The molecule has 0 saturated carbocycles. The quantitative estimate of drug-likeness (QED) is 0.0266. The molecule has 0 fully saturated rings. The topological polar surface area (TPSA) is 78.9 Å². The molecule has 0 aliphatic heterocycles. The van der Waals surface area contributed by atoms with E-state index in [0.29, 0.717) is 25.7 Å². The molecule has 1 atom stereocenters. The van der Waals surface area contributed by atoms with Gasteiger partial charge in [-0.2, -0.15) is 0 Å². The number of hydrogen-bond donors (Lipinski definition) is 0. The van der Waals surface area contributed by atoms with Crippen molar-refractivity contribution in [1.29, 1.82) is 0 Å². The third-order valence-corrected chi connectivity index (χ3v) is 9.31. The van der Waals surface area contributed by atoms with E-state index < -0.39 is 6.10 Å². The number of carbonyl (C=O) groups is 3. The first-order valence-electron chi connectivity index (χ1n) is 23.2. The highest BCUT2D eigenvalue weighted by Gasteiger charge is 2.19. The van der Waals surface area contributed by atoms with E-state index in [0.717, 1.165) is 83.5 Å². The van der Waals surface area contributed by atoms with Crippen LogP contribution in [0.25, 0.3) is 0 Å². The van der Waals surface area contributed by atoms with Gasteiger partial charge in [0, 0.05) is 19.3 Å². The molecule has 0 N–H and O–H groups in total. The van der Waals surface area contributed by atoms with Crippen LogP contribution in [-0.2, 0) is 28.6 Å². The first-order valence-corrected chi connectivity index (χ1v) is 23.2. The molecule has 58 heavy (non-hydrogen) atoms. The van der Waals surface area contributed by atoms with E-state index in [2.05, 4.69) is 106 Å². The molecule has 0 heterocycles. The monoisotopic (exact) mass is 805 g/mol. The van der Waals surface area contributed by atoms with Crippen LogP contribution in [0.1, 0.15) is 194 Å². The number of ether oxygens (including phenoxy) is 3. The summed E-state index contributed by atoms with van der Waals surface area (Å²) in [6.45, 7) is 6.33. The molecule has 0 spiro atoms. The minimum atomic E-state index is -0.821. The summed E-state index contributed by atoms with van der Waals surface area (Å²) in [5.74, 6) is -1.06. The standard InChI is InChI=1S/C52H84O6/c1-4-7-10-13-16-19-21-23-24-25-26-27-28-29-31-33-36-39-42-45-51(54)57-48-49(47-56-50(53)44-41-38-35-32-18-15-12-9-6-3)58-52(55)46-43-40-37-34-30-22-20-17-14-11-8-5-2/h7,10,16-17,19-20,23-24,26-27,29,31-32,35-36,39,49H,4-6,8-9,11-15,18,21-22,25,28,30,33-34,37-38,40-48H2,1-3H3/b10-7-,19-16-,20-17-,24-23-,27-26-,31-29-,35-32-,39-36-. The van der Waals surface area contributed by atoms with Crippen molar-refractivity contribution in [3.63, 3.8) is 0 Å². The zero-order valence-electron chi connectivity index (χ0n) is 37.3. The number of allylic oxidation sites excluding steroid dienone is 16. The molecule has 0 radical (unpaired) electrons. The number of rotatable bonds is 40. The minimum Gasteiger partial charge on any atom is -0.462 e. The average molecular weight is 805 g/mol. The zero-order valence-corrected chi connectivity index (χ0v) is 37.3. The van der Waals surface area contributed by atoms with Crippen LogP contribution in [0, 0.1) is 0 Å². The summed E-state index contributed by atoms with van der Waals surface area (Å²) >= 11 is 0. The van der Waals surface area contributed by atoms with Crippen molar-refractivity contribution in [2.75, 3.05) is 13.2 Å². The SMILES string of the molecule is CC/C=C\C/C=C\C/C=C\C/C=C\C/C=C\C/C=C\CCC(=O)OCC(COC(=O)CCC/C=C\CCCCCC)OC(=O)CCCCCCC/C=C\CCCCC. The number of esters is 3. The molecule has 0 aromatic carbocycles. The van der Waals surface area contributed by atoms with E-state index in [1.54, 1.807) is 0 Å². The van der Waals surface area contributed by atoms with Gasteiger partial charge in [-0.15, -0.1) is 0 Å². The lowest BCUT2D eigenvalue weighted by Crippen LogP contribution is -2.30. The predicted molar refractivity (Wildman–Crippen MR) is 247 cm³/mol. The molecule has 6 heteroatoms. The second kappa shape index (κ2) is 46.0. The smallest absolute Gasteiger partial charge is 0.306 e. The lowest BCUT2D eigenvalue weighted by atomic mass is 10.1. The van der Waals surface area contributed by atoms with Gasteiger partial charge in [-0.3, -0.25) is 14.4 Å². The van der Waals surface area contributed by atoms with Crippen LogP contribution < -0.4 is 0 Å². The van der Waals surface area contributed by atoms with Gasteiger partial charge in [-0.05, 0) is 103 Å². The molecule has 328 valence electrons. The summed E-state index contributed by atoms with van der Waals surface area (Å²) in [4.78, 5) is 37.7. The molecule has 0 bridgehead atoms. The van der Waals surface area contributed by atoms with Crippen molar-refractivity contribution in [3.05, 3.63) is 97.2 Å². The van der Waals surface area contributed by atoms with Crippen molar-refractivity contribution >= 4 is 17.9 Å². The van der Waals surface area contributed by atoms with E-state index in [4.69, 9.17) is 14.2 Å². The summed E-state index contributed by atoms with van der Waals surface area (Å²) in [5.41, 5.74) is 0. The van der Waals surface area contributed by atoms with Crippen molar-refractivity contribution in [2.45, 2.75) is 200 Å². The largest absolute Gasteiger partial charge is 0.462 e. The van der Waals surface area contributed by atoms with Crippen LogP contribution in [0.3, 0.4) is 0 Å². The van der Waals surface area contributed by atoms with Crippen LogP contribution in [0.5, 0.6) is 0 Å². The van der Waals surface area contributed by atoms with Gasteiger partial charge in [0.1, 0.15) is 13.2 Å². The Morgan fingerprint density at radius 1 is 0.362 bits per heavy atom. The van der Waals surface area contributed by atoms with Gasteiger partial charge < -0.3 is 14.2 Å². The fourth-order valence-corrected chi connectivity index (χ4v) is 5.82. The van der Waals surface area contributed by atoms with Crippen LogP contribution in [0.15, 0.2) is 97.2 Å². The number of unbranched alkanes of at least 4 members (excludes halogenated alkanes) is 13. The Hall–Kier alpha value is -3.67. The molecular formula is C52H84O6. The summed E-state index contributed by atoms with van der Waals surface area (Å²) in [7, 11) is 0. The lowest BCUT2D eigenvalue weighted by molar-refractivity contribution is -0.166. The molecule has 1 unspecified atom stereocenters. The molecule has 0 rings (SSSR count). The molecule has 0 aliphatic rings. The van der Waals surface area contributed by atoms with Crippen molar-refractivity contribution in [3.8, 4) is 0 Å². The average Bonchev–Trinajstić information content (AvgIpc) is 3.22. The molecule has 0 amide bonds. The molecular weight excluding hydrogens is 721 g/mol. The van der Waals surface area contributed by atoms with Gasteiger partial charge in [-0.1, -0.05) is 169 Å². The van der Waals surface area contributed by atoms with Gasteiger partial charge in [0.15, 0.2) is 6.10 Å². The highest BCUT2D eigenvalue weighted by molar-refractivity contribution is 5.71. The molecule has 6 nitrogen and oxygen atoms in total. The summed E-state index contributed by atoms with van der Waals surface area (Å²) in [5, 5.41) is 0. The molecule has 0 aromatic heterocycles. The number of carbonyl (C=O) groups excluding carboxylic acids is 3. The van der Waals surface area contributed by atoms with E-state index >= 15 is 0 Å². The fraction of sp³-hybridized carbons (Fsp3) is 0.635. The lowest BCUT2D eigenvalue weighted by Gasteiger charge is -2.18. The number of hydrogen-bond acceptors (Lipinski definition) is 6. The van der Waals surface area contributed by atoms with Crippen molar-refractivity contribution in [1.82, 2.24) is 0 Å². The van der Waals surface area contributed by atoms with Crippen LogP contribution in [0.2, 0.25) is 0 Å². The first kappa shape index (κ1) is 54.3. The Morgan fingerprint density at radius 2 is 0.724 bits per heavy atom. The molecule has 0 saturated heterocycles. The Balaban J connectivity index is 4.51. The van der Waals surface area contributed by atoms with E-state index in [-0.39, 0.29) is 37.5 Å². The van der Waals surface area contributed by atoms with Gasteiger partial charge >= 0.3 is 17.9 Å². The fourth-order valence-electron chi connectivity index (χ4n) is 5.82. The Bertz CT molecular complexity index is 1200. The van der Waals surface area contributed by atoms with Gasteiger partial charge in [-0.25, -0.2) is 0 Å². The highest BCUT2D eigenvalue weighted by Crippen LogP contribution is 2.11. The Kier molecular flexibility index (Phi) is 43.1. The van der Waals surface area contributed by atoms with Gasteiger partial charge in [0.2, 0.25) is 0 Å². The second-order valence-corrected chi connectivity index (χ2v) is 14.9. The zero-order chi connectivity index (χ0) is 42.3. The summed E-state index contributed by atoms with van der Waals surface area (Å²) in [6.07, 6.45) is 59.8. The normalized spacial score (nSPS) is 12.9. The van der Waals surface area contributed by atoms with E-state index in [1.165, 1.54) is 57.8 Å². The summed E-state index contributed by atoms with van der Waals surface area (Å²) < 4.78 is 16.6. The van der Waals surface area contributed by atoms with Gasteiger partial charge in [0.25, 0.3) is 0 Å². The Labute approximate surface area is 356 Å². The second-order valence-electron chi connectivity index (χ2n) is 14.9. The van der Waals surface area contributed by atoms with Crippen LogP contribution >= 0.6 is 0 Å². The maximum atomic E-state index is 12.7. The van der Waals surface area contributed by atoms with Crippen LogP contribution in [-0.4, -0.2) is 37.2 Å². The van der Waals surface area contributed by atoms with E-state index in [9.17, 15) is 14.4 Å². The van der Waals surface area contributed by atoms with Crippen molar-refractivity contribution in [2.24, 2.45) is 0 Å². The minimum absolute atomic E-state index is 0.121. The highest BCUT2D eigenvalue weighted by atomic mass is 16.6. The van der Waals surface area contributed by atoms with Gasteiger partial charge in [0.05, 0.1) is 0 Å². The molecule has 0 aromatic rings. The van der Waals surface area contributed by atoms with E-state index in [1.807, 2.05) is 12.2 Å². The predicted octanol–water partition coefficient (Wildman–Crippen LogP) is 15.0. The van der Waals surface area contributed by atoms with Crippen LogP contribution in [0.4, 0.5) is 0 Å². The first-order chi connectivity index (χ1) is 28.5. The maximum Gasteiger partial charge on any atom is 0.306 e. The third-order valence-electron chi connectivity index (χ3n) is 9.31. The third kappa shape index (κ3) is 43.5. The maximum absolute atomic E-state index is 12.7.